The van der Waals surface area contributed by atoms with Gasteiger partial charge in [-0.1, -0.05) is 12.1 Å². The normalized spacial score (nSPS) is 16.6. The van der Waals surface area contributed by atoms with Gasteiger partial charge in [0.05, 0.1) is 18.1 Å². The molecule has 5 nitrogen and oxygen atoms in total. The quantitative estimate of drug-likeness (QED) is 0.721. The first-order valence-electron chi connectivity index (χ1n) is 6.99. The Hall–Kier alpha value is -1.59. The predicted molar refractivity (Wildman–Crippen MR) is 76.5 cm³/mol. The summed E-state index contributed by atoms with van der Waals surface area (Å²) in [5.41, 5.74) is 0.771. The number of carbonyl (C=O) groups is 1. The number of ether oxygens (including phenoxy) is 1. The van der Waals surface area contributed by atoms with Crippen LogP contribution in [-0.2, 0) is 4.79 Å². The third-order valence-corrected chi connectivity index (χ3v) is 3.26. The number of benzene rings is 1. The molecular formula is C15H22N2O3. The summed E-state index contributed by atoms with van der Waals surface area (Å²) in [5.74, 6) is 0.826. The van der Waals surface area contributed by atoms with Crippen LogP contribution in [0.2, 0.25) is 0 Å². The van der Waals surface area contributed by atoms with E-state index in [2.05, 4.69) is 10.6 Å². The van der Waals surface area contributed by atoms with Crippen molar-refractivity contribution in [2.45, 2.75) is 26.1 Å². The van der Waals surface area contributed by atoms with Gasteiger partial charge in [-0.3, -0.25) is 4.79 Å². The predicted octanol–water partition coefficient (Wildman–Crippen LogP) is 0.843. The van der Waals surface area contributed by atoms with Crippen LogP contribution >= 0.6 is 0 Å². The number of hydrogen-bond donors (Lipinski definition) is 3. The van der Waals surface area contributed by atoms with Gasteiger partial charge in [-0.15, -0.1) is 0 Å². The van der Waals surface area contributed by atoms with Crippen LogP contribution in [0.3, 0.4) is 0 Å². The van der Waals surface area contributed by atoms with Crippen LogP contribution in [0.25, 0.3) is 0 Å². The van der Waals surface area contributed by atoms with Crippen molar-refractivity contribution in [2.75, 3.05) is 19.6 Å². The van der Waals surface area contributed by atoms with E-state index in [4.69, 9.17) is 4.74 Å². The average Bonchev–Trinajstić information content (AvgIpc) is 2.34. The summed E-state index contributed by atoms with van der Waals surface area (Å²) in [4.78, 5) is 11.7. The van der Waals surface area contributed by atoms with Gasteiger partial charge in [0, 0.05) is 19.6 Å². The van der Waals surface area contributed by atoms with Crippen molar-refractivity contribution in [3.05, 3.63) is 29.8 Å². The number of amides is 1. The number of carbonyl (C=O) groups excluding carboxylic acids is 1. The Morgan fingerprint density at radius 2 is 2.05 bits per heavy atom. The number of aliphatic hydroxyl groups excluding tert-OH is 1. The number of nitrogens with one attached hydrogen (secondary N) is 2. The summed E-state index contributed by atoms with van der Waals surface area (Å²) in [6.07, 6.45) is -0.568. The maximum absolute atomic E-state index is 11.7. The Balaban J connectivity index is 1.82. The highest BCUT2D eigenvalue weighted by molar-refractivity contribution is 5.80. The second-order valence-electron chi connectivity index (χ2n) is 5.35. The molecule has 0 spiro atoms. The first kappa shape index (κ1) is 14.8. The molecule has 1 atom stereocenters. The highest BCUT2D eigenvalue weighted by Crippen LogP contribution is 2.18. The Morgan fingerprint density at radius 1 is 1.40 bits per heavy atom. The van der Waals surface area contributed by atoms with Crippen LogP contribution in [-0.4, -0.2) is 36.8 Å². The fourth-order valence-electron chi connectivity index (χ4n) is 1.97. The second kappa shape index (κ2) is 6.72. The zero-order valence-electron chi connectivity index (χ0n) is 11.9. The maximum atomic E-state index is 11.7. The molecule has 1 aromatic rings. The van der Waals surface area contributed by atoms with Gasteiger partial charge >= 0.3 is 0 Å². The van der Waals surface area contributed by atoms with Gasteiger partial charge in [0.2, 0.25) is 5.91 Å². The minimum atomic E-state index is -0.694. The van der Waals surface area contributed by atoms with Crippen molar-refractivity contribution in [3.63, 3.8) is 0 Å². The fraction of sp³-hybridized carbons (Fsp3) is 0.533. The van der Waals surface area contributed by atoms with E-state index in [1.165, 1.54) is 0 Å². The van der Waals surface area contributed by atoms with Crippen molar-refractivity contribution in [3.8, 4) is 5.75 Å². The van der Waals surface area contributed by atoms with Crippen molar-refractivity contribution in [1.29, 1.82) is 0 Å². The topological polar surface area (TPSA) is 70.6 Å². The standard InChI is InChI=1S/C15H22N2O3/c1-10(2)20-13-5-3-11(4-6-13)14(18)9-17-15(19)12-7-16-8-12/h3-6,10,12,14,16,18H,7-9H2,1-2H3,(H,17,19). The lowest BCUT2D eigenvalue weighted by Crippen LogP contribution is -2.51. The van der Waals surface area contributed by atoms with Crippen LogP contribution in [0.15, 0.2) is 24.3 Å². The summed E-state index contributed by atoms with van der Waals surface area (Å²) < 4.78 is 5.54. The van der Waals surface area contributed by atoms with Gasteiger partial charge < -0.3 is 20.5 Å². The average molecular weight is 278 g/mol. The van der Waals surface area contributed by atoms with E-state index in [1.54, 1.807) is 0 Å². The molecule has 0 aliphatic carbocycles. The van der Waals surface area contributed by atoms with E-state index in [9.17, 15) is 9.90 Å². The van der Waals surface area contributed by atoms with Crippen molar-refractivity contribution < 1.29 is 14.6 Å². The molecule has 0 bridgehead atoms. The molecule has 5 heteroatoms. The summed E-state index contributed by atoms with van der Waals surface area (Å²) in [6, 6.07) is 7.30. The highest BCUT2D eigenvalue weighted by Gasteiger charge is 2.24. The molecule has 110 valence electrons. The third kappa shape index (κ3) is 3.95. The van der Waals surface area contributed by atoms with Crippen molar-refractivity contribution in [2.24, 2.45) is 5.92 Å². The van der Waals surface area contributed by atoms with Gasteiger partial charge in [-0.05, 0) is 31.5 Å². The molecular weight excluding hydrogens is 256 g/mol. The number of hydrogen-bond acceptors (Lipinski definition) is 4. The van der Waals surface area contributed by atoms with Gasteiger partial charge in [-0.2, -0.15) is 0 Å². The van der Waals surface area contributed by atoms with Crippen LogP contribution in [0, 0.1) is 5.92 Å². The Morgan fingerprint density at radius 3 is 2.55 bits per heavy atom. The van der Waals surface area contributed by atoms with Crippen LogP contribution in [0.1, 0.15) is 25.5 Å². The van der Waals surface area contributed by atoms with E-state index < -0.39 is 6.10 Å². The molecule has 1 saturated heterocycles. The zero-order valence-corrected chi connectivity index (χ0v) is 11.9. The van der Waals surface area contributed by atoms with E-state index in [-0.39, 0.29) is 24.5 Å². The first-order valence-corrected chi connectivity index (χ1v) is 6.99. The Kier molecular flexibility index (Phi) is 4.98. The molecule has 2 rings (SSSR count). The highest BCUT2D eigenvalue weighted by atomic mass is 16.5. The van der Waals surface area contributed by atoms with Crippen molar-refractivity contribution >= 4 is 5.91 Å². The van der Waals surface area contributed by atoms with Gasteiger partial charge in [-0.25, -0.2) is 0 Å². The summed E-state index contributed by atoms with van der Waals surface area (Å²) in [6.45, 7) is 5.62. The summed E-state index contributed by atoms with van der Waals surface area (Å²) in [5, 5.41) is 15.9. The zero-order chi connectivity index (χ0) is 14.5. The molecule has 1 aromatic carbocycles. The van der Waals surface area contributed by atoms with Crippen LogP contribution in [0.5, 0.6) is 5.75 Å². The Bertz CT molecular complexity index is 441. The summed E-state index contributed by atoms with van der Waals surface area (Å²) >= 11 is 0. The monoisotopic (exact) mass is 278 g/mol. The van der Waals surface area contributed by atoms with E-state index in [1.807, 2.05) is 38.1 Å². The lowest BCUT2D eigenvalue weighted by Gasteiger charge is -2.26. The molecule has 1 heterocycles. The van der Waals surface area contributed by atoms with E-state index in [0.29, 0.717) is 0 Å². The molecule has 0 saturated carbocycles. The van der Waals surface area contributed by atoms with E-state index in [0.717, 1.165) is 24.4 Å². The smallest absolute Gasteiger partial charge is 0.225 e. The van der Waals surface area contributed by atoms with Crippen LogP contribution < -0.4 is 15.4 Å². The minimum absolute atomic E-state index is 0.00237. The molecule has 1 aliphatic rings. The maximum Gasteiger partial charge on any atom is 0.225 e. The number of rotatable bonds is 6. The molecule has 0 aromatic heterocycles. The Labute approximate surface area is 119 Å². The molecule has 3 N–H and O–H groups in total. The molecule has 1 fully saturated rings. The van der Waals surface area contributed by atoms with Crippen molar-refractivity contribution in [1.82, 2.24) is 10.6 Å². The summed E-state index contributed by atoms with van der Waals surface area (Å²) in [7, 11) is 0. The SMILES string of the molecule is CC(C)Oc1ccc(C(O)CNC(=O)C2CNC2)cc1. The lowest BCUT2D eigenvalue weighted by molar-refractivity contribution is -0.126. The minimum Gasteiger partial charge on any atom is -0.491 e. The molecule has 1 amide bonds. The van der Waals surface area contributed by atoms with Crippen LogP contribution in [0.4, 0.5) is 0 Å². The molecule has 0 radical (unpaired) electrons. The fourth-order valence-corrected chi connectivity index (χ4v) is 1.97. The lowest BCUT2D eigenvalue weighted by atomic mass is 10.0. The molecule has 1 aliphatic heterocycles. The third-order valence-electron chi connectivity index (χ3n) is 3.26. The molecule has 20 heavy (non-hydrogen) atoms. The second-order valence-corrected chi connectivity index (χ2v) is 5.35. The number of aliphatic hydroxyl groups is 1. The van der Waals surface area contributed by atoms with Gasteiger partial charge in [0.15, 0.2) is 0 Å². The van der Waals surface area contributed by atoms with Gasteiger partial charge in [0.25, 0.3) is 0 Å². The van der Waals surface area contributed by atoms with Gasteiger partial charge in [0.1, 0.15) is 5.75 Å². The largest absolute Gasteiger partial charge is 0.491 e. The van der Waals surface area contributed by atoms with E-state index >= 15 is 0 Å². The molecule has 1 unspecified atom stereocenters. The first-order chi connectivity index (χ1) is 9.56.